The Balaban J connectivity index is 0.000000363. The van der Waals surface area contributed by atoms with Gasteiger partial charge >= 0.3 is 30.8 Å². The first kappa shape index (κ1) is 31.8. The van der Waals surface area contributed by atoms with Crippen LogP contribution in [0.25, 0.3) is 11.4 Å². The number of carbonyl (C=O) groups is 2. The number of nitrogens with zero attached hydrogens (tertiary/aromatic N) is 6. The number of ether oxygens (including phenoxy) is 3. The maximum Gasteiger partial charge on any atom is 1.00 e. The first-order valence-electron chi connectivity index (χ1n) is 10.8. The third kappa shape index (κ3) is 7.19. The molecule has 0 unspecified atom stereocenters. The quantitative estimate of drug-likeness (QED) is 0.255. The van der Waals surface area contributed by atoms with E-state index in [-0.39, 0.29) is 30.0 Å². The van der Waals surface area contributed by atoms with Crippen molar-refractivity contribution in [3.8, 4) is 22.9 Å². The van der Waals surface area contributed by atoms with Crippen LogP contribution in [0.2, 0.25) is 0 Å². The van der Waals surface area contributed by atoms with Crippen LogP contribution in [0.5, 0.6) is 11.5 Å². The van der Waals surface area contributed by atoms with Crippen molar-refractivity contribution in [2.45, 2.75) is 20.8 Å². The molecular weight excluding hydrogens is 491 g/mol. The standard InChI is InChI=1S/C13H15N3O3.C11H11N3O3.Li.H2O/c1-4-19-13(17)12-9(2)14-15-16(12)10-5-7-11(18-3)8-6-10;1-7-10(11(15)16)14(13-12-7)8-3-5-9(17-2)6-4-8;;/h5-8H,4H2,1-3H3;3-6H,1-2H3,(H,15,16);;1H2/q;;+1;/p-1. The molecule has 0 bridgehead atoms. The maximum absolute atomic E-state index is 11.9. The van der Waals surface area contributed by atoms with Crippen molar-refractivity contribution in [2.24, 2.45) is 0 Å². The monoisotopic (exact) mass is 518 g/mol. The predicted octanol–water partition coefficient (Wildman–Crippen LogP) is -0.129. The van der Waals surface area contributed by atoms with Crippen LogP contribution in [0, 0.1) is 13.8 Å². The van der Waals surface area contributed by atoms with Gasteiger partial charge in [-0.2, -0.15) is 0 Å². The molecule has 0 radical (unpaired) electrons. The fourth-order valence-electron chi connectivity index (χ4n) is 3.20. The molecule has 0 fully saturated rings. The number of esters is 1. The largest absolute Gasteiger partial charge is 1.00 e. The van der Waals surface area contributed by atoms with Crippen molar-refractivity contribution >= 4 is 11.9 Å². The van der Waals surface area contributed by atoms with E-state index in [1.807, 2.05) is 0 Å². The van der Waals surface area contributed by atoms with Gasteiger partial charge in [-0.15, -0.1) is 10.2 Å². The predicted molar refractivity (Wildman–Crippen MR) is 130 cm³/mol. The van der Waals surface area contributed by atoms with E-state index in [0.29, 0.717) is 35.1 Å². The van der Waals surface area contributed by atoms with Crippen molar-refractivity contribution in [1.29, 1.82) is 0 Å². The van der Waals surface area contributed by atoms with Crippen LogP contribution in [-0.4, -0.2) is 73.3 Å². The normalized spacial score (nSPS) is 9.71. The first-order chi connectivity index (χ1) is 17.3. The van der Waals surface area contributed by atoms with Gasteiger partial charge in [0.2, 0.25) is 0 Å². The average Bonchev–Trinajstić information content (AvgIpc) is 3.47. The summed E-state index contributed by atoms with van der Waals surface area (Å²) < 4.78 is 17.9. The van der Waals surface area contributed by atoms with Crippen LogP contribution in [0.15, 0.2) is 48.5 Å². The minimum absolute atomic E-state index is 0. The summed E-state index contributed by atoms with van der Waals surface area (Å²) >= 11 is 0. The maximum atomic E-state index is 11.9. The number of carboxylic acids is 1. The zero-order valence-electron chi connectivity index (χ0n) is 21.9. The molecule has 0 aliphatic heterocycles. The Bertz CT molecular complexity index is 1340. The van der Waals surface area contributed by atoms with Crippen molar-refractivity contribution in [3.63, 3.8) is 0 Å². The van der Waals surface area contributed by atoms with Crippen molar-refractivity contribution in [2.75, 3.05) is 20.8 Å². The minimum Gasteiger partial charge on any atom is -0.870 e. The van der Waals surface area contributed by atoms with Crippen LogP contribution < -0.4 is 28.3 Å². The molecule has 0 atom stereocenters. The second kappa shape index (κ2) is 14.5. The van der Waals surface area contributed by atoms with Crippen LogP contribution in [0.4, 0.5) is 0 Å². The molecule has 2 aromatic carbocycles. The molecule has 13 nitrogen and oxygen atoms in total. The smallest absolute Gasteiger partial charge is 0.870 e. The molecule has 196 valence electrons. The van der Waals surface area contributed by atoms with Crippen LogP contribution >= 0.6 is 0 Å². The Morgan fingerprint density at radius 3 is 1.55 bits per heavy atom. The molecule has 2 heterocycles. The summed E-state index contributed by atoms with van der Waals surface area (Å²) in [5.74, 6) is -0.0510. The summed E-state index contributed by atoms with van der Waals surface area (Å²) in [4.78, 5) is 23.0. The second-order valence-corrected chi connectivity index (χ2v) is 7.29. The van der Waals surface area contributed by atoms with Gasteiger partial charge in [-0.25, -0.2) is 19.0 Å². The molecule has 0 amide bonds. The molecule has 2 aromatic heterocycles. The fourth-order valence-corrected chi connectivity index (χ4v) is 3.20. The molecule has 0 saturated heterocycles. The van der Waals surface area contributed by atoms with E-state index in [9.17, 15) is 9.59 Å². The minimum atomic E-state index is -1.05. The fraction of sp³-hybridized carbons (Fsp3) is 0.250. The number of aromatic carboxylic acids is 1. The van der Waals surface area contributed by atoms with Crippen LogP contribution in [0.3, 0.4) is 0 Å². The number of carbonyl (C=O) groups excluding carboxylic acids is 1. The Hall–Kier alpha value is -4.18. The zero-order chi connectivity index (χ0) is 26.2. The molecule has 2 N–H and O–H groups in total. The third-order valence-electron chi connectivity index (χ3n) is 4.98. The Kier molecular flexibility index (Phi) is 12.2. The van der Waals surface area contributed by atoms with Crippen molar-refractivity contribution in [1.82, 2.24) is 30.0 Å². The van der Waals surface area contributed by atoms with Gasteiger partial charge in [0.1, 0.15) is 11.5 Å². The van der Waals surface area contributed by atoms with Gasteiger partial charge in [-0.05, 0) is 69.3 Å². The van der Waals surface area contributed by atoms with Crippen molar-refractivity contribution < 1.29 is 53.2 Å². The summed E-state index contributed by atoms with van der Waals surface area (Å²) in [5.41, 5.74) is 2.68. The number of benzene rings is 2. The van der Waals surface area contributed by atoms with E-state index in [0.717, 1.165) is 11.4 Å². The van der Waals surface area contributed by atoms with E-state index in [1.54, 1.807) is 83.5 Å². The Labute approximate surface area is 230 Å². The summed E-state index contributed by atoms with van der Waals surface area (Å²) in [5, 5.41) is 24.5. The SMILES string of the molecule is CCOC(=O)c1c(C)nnn1-c1ccc(OC)cc1.COc1ccc(-n2nnc(C)c2C(=O)O)cc1.[Li+].[OH-]. The van der Waals surface area contributed by atoms with E-state index in [1.165, 1.54) is 9.36 Å². The average molecular weight is 518 g/mol. The van der Waals surface area contributed by atoms with E-state index < -0.39 is 11.9 Å². The van der Waals surface area contributed by atoms with Crippen molar-refractivity contribution in [3.05, 3.63) is 71.3 Å². The molecule has 4 aromatic rings. The molecule has 0 saturated carbocycles. The molecule has 0 aliphatic carbocycles. The van der Waals surface area contributed by atoms with Gasteiger partial charge in [-0.3, -0.25) is 0 Å². The molecular formula is C24H27LiN6O7. The molecule has 14 heteroatoms. The third-order valence-corrected chi connectivity index (χ3v) is 4.98. The van der Waals surface area contributed by atoms with Gasteiger partial charge in [0, 0.05) is 0 Å². The van der Waals surface area contributed by atoms with E-state index in [2.05, 4.69) is 20.6 Å². The summed E-state index contributed by atoms with van der Waals surface area (Å²) in [7, 11) is 3.16. The Morgan fingerprint density at radius 2 is 1.18 bits per heavy atom. The van der Waals surface area contributed by atoms with Crippen LogP contribution in [-0.2, 0) is 4.74 Å². The van der Waals surface area contributed by atoms with Gasteiger partial charge < -0.3 is 24.8 Å². The molecule has 4 rings (SSSR count). The summed E-state index contributed by atoms with van der Waals surface area (Å²) in [6.45, 7) is 5.40. The van der Waals surface area contributed by atoms with E-state index in [4.69, 9.17) is 19.3 Å². The molecule has 0 aliphatic rings. The number of hydrogen-bond acceptors (Lipinski definition) is 10. The number of rotatable bonds is 7. The number of aromatic nitrogens is 6. The molecule has 0 spiro atoms. The van der Waals surface area contributed by atoms with Crippen LogP contribution in [0.1, 0.15) is 39.3 Å². The topological polar surface area (TPSA) is 173 Å². The van der Waals surface area contributed by atoms with Gasteiger partial charge in [0.25, 0.3) is 0 Å². The first-order valence-corrected chi connectivity index (χ1v) is 10.8. The number of methoxy groups -OCH3 is 2. The second-order valence-electron chi connectivity index (χ2n) is 7.29. The van der Waals surface area contributed by atoms with Gasteiger partial charge in [0.05, 0.1) is 43.6 Å². The molecule has 38 heavy (non-hydrogen) atoms. The van der Waals surface area contributed by atoms with Gasteiger partial charge in [0.15, 0.2) is 11.4 Å². The number of hydrogen-bond donors (Lipinski definition) is 1. The summed E-state index contributed by atoms with van der Waals surface area (Å²) in [6.07, 6.45) is 0. The summed E-state index contributed by atoms with van der Waals surface area (Å²) in [6, 6.07) is 14.1. The number of aryl methyl sites for hydroxylation is 2. The Morgan fingerprint density at radius 1 is 0.789 bits per heavy atom. The van der Waals surface area contributed by atoms with Gasteiger partial charge in [-0.1, -0.05) is 10.4 Å². The van der Waals surface area contributed by atoms with E-state index >= 15 is 0 Å². The number of carboxylic acid groups (broad SMARTS) is 1. The zero-order valence-corrected chi connectivity index (χ0v) is 21.9.